The molecule has 2 fully saturated rings. The molecule has 5 N–H and O–H groups in total. The average molecular weight is 390 g/mol. The molecule has 2 heterocycles. The first-order chi connectivity index (χ1) is 13.2. The molecule has 1 saturated heterocycles. The number of rotatable bonds is 4. The van der Waals surface area contributed by atoms with Crippen LogP contribution < -0.4 is 26.6 Å². The number of amides is 3. The second-order valence-electron chi connectivity index (χ2n) is 8.36. The maximum absolute atomic E-state index is 12.0. The summed E-state index contributed by atoms with van der Waals surface area (Å²) in [5.74, 6) is 0.575. The van der Waals surface area contributed by atoms with Crippen molar-refractivity contribution in [3.8, 4) is 0 Å². The third-order valence-electron chi connectivity index (χ3n) is 4.81. The Labute approximate surface area is 165 Å². The SMILES string of the molecule is CC(C)(C)OC(=O)N[C@H]1CCC[C@@H](Nc2cc(N3CCNC3=O)ncc2N)C1. The predicted molar refractivity (Wildman–Crippen MR) is 108 cm³/mol. The number of nitrogen functional groups attached to an aromatic ring is 1. The number of nitrogens with one attached hydrogen (secondary N) is 3. The zero-order valence-corrected chi connectivity index (χ0v) is 16.7. The summed E-state index contributed by atoms with van der Waals surface area (Å²) in [4.78, 5) is 29.8. The number of aromatic nitrogens is 1. The van der Waals surface area contributed by atoms with Crippen LogP contribution in [0.5, 0.6) is 0 Å². The minimum atomic E-state index is -0.514. The van der Waals surface area contributed by atoms with Gasteiger partial charge in [0, 0.05) is 31.2 Å². The van der Waals surface area contributed by atoms with Crippen LogP contribution in [-0.4, -0.2) is 47.9 Å². The van der Waals surface area contributed by atoms with Gasteiger partial charge in [0.15, 0.2) is 0 Å². The lowest BCUT2D eigenvalue weighted by atomic mass is 9.91. The van der Waals surface area contributed by atoms with Crippen molar-refractivity contribution in [2.75, 3.05) is 29.0 Å². The summed E-state index contributed by atoms with van der Waals surface area (Å²) < 4.78 is 5.35. The van der Waals surface area contributed by atoms with Crippen molar-refractivity contribution in [3.63, 3.8) is 0 Å². The van der Waals surface area contributed by atoms with Gasteiger partial charge < -0.3 is 26.4 Å². The average Bonchev–Trinajstić information content (AvgIpc) is 3.01. The van der Waals surface area contributed by atoms with E-state index in [0.29, 0.717) is 24.6 Å². The summed E-state index contributed by atoms with van der Waals surface area (Å²) in [5, 5.41) is 9.19. The molecule has 2 aliphatic rings. The first-order valence-electron chi connectivity index (χ1n) is 9.78. The summed E-state index contributed by atoms with van der Waals surface area (Å²) in [6.45, 7) is 6.74. The molecule has 1 aliphatic carbocycles. The Kier molecular flexibility index (Phi) is 5.81. The van der Waals surface area contributed by atoms with Crippen LogP contribution in [0.15, 0.2) is 12.3 Å². The highest BCUT2D eigenvalue weighted by Crippen LogP contribution is 2.28. The highest BCUT2D eigenvalue weighted by molar-refractivity contribution is 5.93. The van der Waals surface area contributed by atoms with Crippen LogP contribution in [0.4, 0.5) is 26.8 Å². The number of nitrogens with zero attached hydrogens (tertiary/aromatic N) is 2. The minimum absolute atomic E-state index is 0.0491. The van der Waals surface area contributed by atoms with Gasteiger partial charge in [-0.2, -0.15) is 0 Å². The number of carbonyl (C=O) groups excluding carboxylic acids is 2. The van der Waals surface area contributed by atoms with E-state index >= 15 is 0 Å². The minimum Gasteiger partial charge on any atom is -0.444 e. The topological polar surface area (TPSA) is 122 Å². The summed E-state index contributed by atoms with van der Waals surface area (Å²) in [6.07, 6.45) is 4.85. The Morgan fingerprint density at radius 3 is 2.79 bits per heavy atom. The fourth-order valence-electron chi connectivity index (χ4n) is 3.56. The molecule has 3 rings (SSSR count). The molecule has 154 valence electrons. The Balaban J connectivity index is 1.61. The standard InChI is InChI=1S/C19H30N6O3/c1-19(2,3)28-18(27)24-13-6-4-5-12(9-13)23-15-10-16(22-11-14(15)20)25-8-7-21-17(25)26/h10-13H,4-9,20H2,1-3H3,(H,21,26)(H,22,23)(H,24,27)/t12-,13+/m1/s1. The number of urea groups is 1. The van der Waals surface area contributed by atoms with Crippen molar-refractivity contribution in [1.29, 1.82) is 0 Å². The van der Waals surface area contributed by atoms with Gasteiger partial charge in [-0.05, 0) is 46.5 Å². The molecule has 0 radical (unpaired) electrons. The molecule has 1 aromatic heterocycles. The number of hydrogen-bond acceptors (Lipinski definition) is 6. The molecule has 1 aromatic rings. The molecule has 1 aliphatic heterocycles. The molecule has 9 heteroatoms. The van der Waals surface area contributed by atoms with Crippen molar-refractivity contribution < 1.29 is 14.3 Å². The van der Waals surface area contributed by atoms with E-state index in [-0.39, 0.29) is 24.2 Å². The zero-order chi connectivity index (χ0) is 20.3. The Bertz CT molecular complexity index is 733. The maximum atomic E-state index is 12.0. The van der Waals surface area contributed by atoms with E-state index in [1.54, 1.807) is 11.1 Å². The van der Waals surface area contributed by atoms with Gasteiger partial charge in [-0.25, -0.2) is 14.6 Å². The van der Waals surface area contributed by atoms with Gasteiger partial charge in [0.05, 0.1) is 17.6 Å². The molecule has 9 nitrogen and oxygen atoms in total. The van der Waals surface area contributed by atoms with E-state index in [4.69, 9.17) is 10.5 Å². The molecule has 0 unspecified atom stereocenters. The molecule has 0 spiro atoms. The van der Waals surface area contributed by atoms with Crippen molar-refractivity contribution in [3.05, 3.63) is 12.3 Å². The van der Waals surface area contributed by atoms with Gasteiger partial charge in [-0.1, -0.05) is 0 Å². The van der Waals surface area contributed by atoms with Gasteiger partial charge >= 0.3 is 12.1 Å². The van der Waals surface area contributed by atoms with Crippen molar-refractivity contribution in [2.45, 2.75) is 64.1 Å². The van der Waals surface area contributed by atoms with E-state index in [9.17, 15) is 9.59 Å². The Hall–Kier alpha value is -2.71. The molecule has 3 amide bonds. The summed E-state index contributed by atoms with van der Waals surface area (Å²) in [5.41, 5.74) is 6.87. The molecule has 1 saturated carbocycles. The molecule has 0 aromatic carbocycles. The maximum Gasteiger partial charge on any atom is 0.407 e. The van der Waals surface area contributed by atoms with Gasteiger partial charge in [0.1, 0.15) is 11.4 Å². The fraction of sp³-hybridized carbons (Fsp3) is 0.632. The second kappa shape index (κ2) is 8.12. The smallest absolute Gasteiger partial charge is 0.407 e. The number of nitrogens with two attached hydrogens (primary N) is 1. The number of carbonyl (C=O) groups is 2. The third kappa shape index (κ3) is 5.17. The zero-order valence-electron chi connectivity index (χ0n) is 16.7. The van der Waals surface area contributed by atoms with Crippen LogP contribution in [0.1, 0.15) is 46.5 Å². The number of pyridine rings is 1. The number of anilines is 3. The van der Waals surface area contributed by atoms with E-state index in [0.717, 1.165) is 31.4 Å². The summed E-state index contributed by atoms with van der Waals surface area (Å²) in [6, 6.07) is 1.87. The molecule has 28 heavy (non-hydrogen) atoms. The number of hydrogen-bond donors (Lipinski definition) is 4. The summed E-state index contributed by atoms with van der Waals surface area (Å²) in [7, 11) is 0. The van der Waals surface area contributed by atoms with Gasteiger partial charge in [0.25, 0.3) is 0 Å². The van der Waals surface area contributed by atoms with Gasteiger partial charge in [-0.3, -0.25) is 4.90 Å². The number of ether oxygens (including phenoxy) is 1. The highest BCUT2D eigenvalue weighted by atomic mass is 16.6. The lowest BCUT2D eigenvalue weighted by molar-refractivity contribution is 0.0492. The predicted octanol–water partition coefficient (Wildman–Crippen LogP) is 2.44. The van der Waals surface area contributed by atoms with Crippen molar-refractivity contribution in [1.82, 2.24) is 15.6 Å². The summed E-state index contributed by atoms with van der Waals surface area (Å²) >= 11 is 0. The van der Waals surface area contributed by atoms with Crippen molar-refractivity contribution in [2.24, 2.45) is 0 Å². The van der Waals surface area contributed by atoms with E-state index < -0.39 is 5.60 Å². The fourth-order valence-corrected chi connectivity index (χ4v) is 3.56. The van der Waals surface area contributed by atoms with Crippen LogP contribution >= 0.6 is 0 Å². The molecular formula is C19H30N6O3. The van der Waals surface area contributed by atoms with Gasteiger partial charge in [-0.15, -0.1) is 0 Å². The monoisotopic (exact) mass is 390 g/mol. The van der Waals surface area contributed by atoms with E-state index in [1.165, 1.54) is 0 Å². The van der Waals surface area contributed by atoms with Crippen LogP contribution in [0.25, 0.3) is 0 Å². The van der Waals surface area contributed by atoms with Gasteiger partial charge in [0.2, 0.25) is 0 Å². The first-order valence-corrected chi connectivity index (χ1v) is 9.78. The quantitative estimate of drug-likeness (QED) is 0.626. The molecule has 2 atom stereocenters. The van der Waals surface area contributed by atoms with E-state index in [2.05, 4.69) is 20.9 Å². The van der Waals surface area contributed by atoms with Crippen LogP contribution in [-0.2, 0) is 4.74 Å². The van der Waals surface area contributed by atoms with Crippen molar-refractivity contribution >= 4 is 29.3 Å². The van der Waals surface area contributed by atoms with E-state index in [1.807, 2.05) is 26.8 Å². The lowest BCUT2D eigenvalue weighted by Gasteiger charge is -2.32. The van der Waals surface area contributed by atoms with Crippen LogP contribution in [0.2, 0.25) is 0 Å². The van der Waals surface area contributed by atoms with Crippen LogP contribution in [0.3, 0.4) is 0 Å². The third-order valence-corrected chi connectivity index (χ3v) is 4.81. The Morgan fingerprint density at radius 1 is 1.36 bits per heavy atom. The highest BCUT2D eigenvalue weighted by Gasteiger charge is 2.27. The second-order valence-corrected chi connectivity index (χ2v) is 8.36. The Morgan fingerprint density at radius 2 is 2.11 bits per heavy atom. The molecule has 0 bridgehead atoms. The largest absolute Gasteiger partial charge is 0.444 e. The number of alkyl carbamates (subject to hydrolysis) is 1. The van der Waals surface area contributed by atoms with Crippen LogP contribution in [0, 0.1) is 0 Å². The first kappa shape index (κ1) is 20.0. The molecular weight excluding hydrogens is 360 g/mol. The lowest BCUT2D eigenvalue weighted by Crippen LogP contribution is -2.43. The normalized spacial score (nSPS) is 22.5.